The Morgan fingerprint density at radius 1 is 1.45 bits per heavy atom. The third-order valence-electron chi connectivity index (χ3n) is 4.58. The second-order valence-electron chi connectivity index (χ2n) is 6.01. The van der Waals surface area contributed by atoms with E-state index in [-0.39, 0.29) is 11.1 Å². The van der Waals surface area contributed by atoms with E-state index in [1.807, 2.05) is 4.90 Å². The van der Waals surface area contributed by atoms with Crippen LogP contribution in [0.4, 0.5) is 4.79 Å². The molecule has 1 saturated carbocycles. The van der Waals surface area contributed by atoms with Gasteiger partial charge in [-0.15, -0.1) is 0 Å². The van der Waals surface area contributed by atoms with Crippen molar-refractivity contribution in [1.29, 1.82) is 0 Å². The first-order valence-corrected chi connectivity index (χ1v) is 8.76. The van der Waals surface area contributed by atoms with Crippen LogP contribution in [0, 0.1) is 5.92 Å². The van der Waals surface area contributed by atoms with E-state index in [0.29, 0.717) is 31.0 Å². The molecule has 114 valence electrons. The number of hydrogen-bond acceptors (Lipinski definition) is 3. The molecule has 2 fully saturated rings. The molecule has 0 unspecified atom stereocenters. The highest BCUT2D eigenvalue weighted by atomic mass is 32.2. The van der Waals surface area contributed by atoms with Crippen molar-refractivity contribution < 1.29 is 9.59 Å². The van der Waals surface area contributed by atoms with Gasteiger partial charge < -0.3 is 9.80 Å². The van der Waals surface area contributed by atoms with Gasteiger partial charge >= 0.3 is 0 Å². The largest absolute Gasteiger partial charge is 0.337 e. The molecule has 2 rings (SSSR count). The van der Waals surface area contributed by atoms with Gasteiger partial charge in [-0.3, -0.25) is 9.59 Å². The predicted molar refractivity (Wildman–Crippen MR) is 82.8 cm³/mol. The topological polar surface area (TPSA) is 40.6 Å². The van der Waals surface area contributed by atoms with Crippen molar-refractivity contribution in [3.63, 3.8) is 0 Å². The minimum atomic E-state index is 0.130. The number of thioether (sulfide) groups is 1. The average molecular weight is 298 g/mol. The van der Waals surface area contributed by atoms with E-state index < -0.39 is 0 Å². The maximum atomic E-state index is 12.5. The van der Waals surface area contributed by atoms with E-state index in [4.69, 9.17) is 0 Å². The first kappa shape index (κ1) is 15.7. The molecule has 0 aromatic rings. The summed E-state index contributed by atoms with van der Waals surface area (Å²) in [7, 11) is 0. The fraction of sp³-hybridized carbons (Fsp3) is 0.867. The van der Waals surface area contributed by atoms with Crippen LogP contribution >= 0.6 is 11.8 Å². The van der Waals surface area contributed by atoms with Crippen LogP contribution < -0.4 is 0 Å². The number of nitrogens with zero attached hydrogens (tertiary/aromatic N) is 2. The molecule has 1 saturated heterocycles. The van der Waals surface area contributed by atoms with Gasteiger partial charge in [-0.1, -0.05) is 32.0 Å². The predicted octanol–water partition coefficient (Wildman–Crippen LogP) is 2.97. The molecule has 0 spiro atoms. The van der Waals surface area contributed by atoms with Crippen molar-refractivity contribution in [2.75, 3.05) is 18.8 Å². The lowest BCUT2D eigenvalue weighted by molar-refractivity contribution is -0.135. The number of amides is 2. The molecule has 1 aliphatic heterocycles. The highest BCUT2D eigenvalue weighted by molar-refractivity contribution is 8.13. The van der Waals surface area contributed by atoms with Gasteiger partial charge in [0.1, 0.15) is 0 Å². The summed E-state index contributed by atoms with van der Waals surface area (Å²) in [6, 6.07) is 0.763. The molecule has 0 radical (unpaired) electrons. The lowest BCUT2D eigenvalue weighted by atomic mass is 9.98. The summed E-state index contributed by atoms with van der Waals surface area (Å²) in [5, 5.41) is 0.130. The van der Waals surface area contributed by atoms with E-state index >= 15 is 0 Å². The van der Waals surface area contributed by atoms with Crippen LogP contribution in [-0.2, 0) is 4.79 Å². The highest BCUT2D eigenvalue weighted by Gasteiger charge is 2.37. The van der Waals surface area contributed by atoms with Crippen LogP contribution in [0.3, 0.4) is 0 Å². The molecule has 0 aromatic carbocycles. The summed E-state index contributed by atoms with van der Waals surface area (Å²) in [6.45, 7) is 7.94. The molecule has 2 atom stereocenters. The van der Waals surface area contributed by atoms with E-state index in [0.717, 1.165) is 31.6 Å². The van der Waals surface area contributed by atoms with Gasteiger partial charge in [0.15, 0.2) is 0 Å². The molecule has 0 bridgehead atoms. The van der Waals surface area contributed by atoms with Crippen LogP contribution in [0.25, 0.3) is 0 Å². The Kier molecular flexibility index (Phi) is 5.35. The van der Waals surface area contributed by atoms with Crippen LogP contribution in [0.1, 0.15) is 46.5 Å². The van der Waals surface area contributed by atoms with E-state index in [2.05, 4.69) is 25.7 Å². The second kappa shape index (κ2) is 6.83. The lowest BCUT2D eigenvalue weighted by Gasteiger charge is -2.33. The Balaban J connectivity index is 1.88. The third kappa shape index (κ3) is 3.68. The molecular formula is C15H26N2O2S. The molecule has 2 amide bonds. The number of rotatable bonds is 7. The van der Waals surface area contributed by atoms with Gasteiger partial charge in [-0.25, -0.2) is 0 Å². The van der Waals surface area contributed by atoms with Crippen molar-refractivity contribution in [3.05, 3.63) is 0 Å². The van der Waals surface area contributed by atoms with Crippen LogP contribution in [-0.4, -0.2) is 51.9 Å². The Labute approximate surface area is 126 Å². The molecule has 20 heavy (non-hydrogen) atoms. The Morgan fingerprint density at radius 3 is 2.65 bits per heavy atom. The van der Waals surface area contributed by atoms with Gasteiger partial charge in [-0.05, 0) is 25.7 Å². The molecule has 0 N–H and O–H groups in total. The fourth-order valence-corrected chi connectivity index (χ4v) is 3.57. The van der Waals surface area contributed by atoms with Crippen LogP contribution in [0.2, 0.25) is 0 Å². The first-order valence-electron chi connectivity index (χ1n) is 7.77. The summed E-state index contributed by atoms with van der Waals surface area (Å²) >= 11 is 1.36. The standard InChI is InChI=1S/C15H26N2O2S/c1-4-11(2)12(3)17(13-5-6-13)14(18)7-8-16-9-10-20-15(16)19/h11-13H,4-10H2,1-3H3/t11-,12+/m1/s1. The van der Waals surface area contributed by atoms with Crippen molar-refractivity contribution in [1.82, 2.24) is 9.80 Å². The summed E-state index contributed by atoms with van der Waals surface area (Å²) in [5.41, 5.74) is 0. The maximum Gasteiger partial charge on any atom is 0.281 e. The molecule has 1 aliphatic carbocycles. The van der Waals surface area contributed by atoms with Gasteiger partial charge in [0.2, 0.25) is 5.91 Å². The maximum absolute atomic E-state index is 12.5. The number of carbonyl (C=O) groups is 2. The van der Waals surface area contributed by atoms with Gasteiger partial charge in [0.25, 0.3) is 5.24 Å². The second-order valence-corrected chi connectivity index (χ2v) is 7.06. The Hall–Kier alpha value is -0.710. The molecule has 5 heteroatoms. The third-order valence-corrected chi connectivity index (χ3v) is 5.47. The lowest BCUT2D eigenvalue weighted by Crippen LogP contribution is -2.44. The number of carbonyl (C=O) groups excluding carboxylic acids is 2. The van der Waals surface area contributed by atoms with E-state index in [1.165, 1.54) is 11.8 Å². The quantitative estimate of drug-likeness (QED) is 0.725. The zero-order valence-electron chi connectivity index (χ0n) is 12.8. The SMILES string of the molecule is CC[C@@H](C)[C@H](C)N(C(=O)CCN1CCSC1=O)C1CC1. The Bertz CT molecular complexity index is 371. The Morgan fingerprint density at radius 2 is 2.15 bits per heavy atom. The zero-order valence-corrected chi connectivity index (χ0v) is 13.6. The minimum absolute atomic E-state index is 0.130. The molecule has 2 aliphatic rings. The highest BCUT2D eigenvalue weighted by Crippen LogP contribution is 2.32. The molecular weight excluding hydrogens is 272 g/mol. The summed E-state index contributed by atoms with van der Waals surface area (Å²) in [5.74, 6) is 1.62. The van der Waals surface area contributed by atoms with Gasteiger partial charge in [0.05, 0.1) is 0 Å². The summed E-state index contributed by atoms with van der Waals surface area (Å²) < 4.78 is 0. The normalized spacial score (nSPS) is 21.9. The summed E-state index contributed by atoms with van der Waals surface area (Å²) in [6.07, 6.45) is 3.86. The zero-order chi connectivity index (χ0) is 14.7. The van der Waals surface area contributed by atoms with Crippen molar-refractivity contribution in [3.8, 4) is 0 Å². The monoisotopic (exact) mass is 298 g/mol. The first-order chi connectivity index (χ1) is 9.54. The van der Waals surface area contributed by atoms with Crippen LogP contribution in [0.5, 0.6) is 0 Å². The van der Waals surface area contributed by atoms with E-state index in [9.17, 15) is 9.59 Å². The molecule has 0 aromatic heterocycles. The van der Waals surface area contributed by atoms with Crippen LogP contribution in [0.15, 0.2) is 0 Å². The molecule has 4 nitrogen and oxygen atoms in total. The minimum Gasteiger partial charge on any atom is -0.337 e. The van der Waals surface area contributed by atoms with Crippen molar-refractivity contribution in [2.24, 2.45) is 5.92 Å². The van der Waals surface area contributed by atoms with Crippen molar-refractivity contribution >= 4 is 22.9 Å². The fourth-order valence-electron chi connectivity index (χ4n) is 2.72. The average Bonchev–Trinajstić information content (AvgIpc) is 3.18. The summed E-state index contributed by atoms with van der Waals surface area (Å²) in [4.78, 5) is 28.0. The van der Waals surface area contributed by atoms with Gasteiger partial charge in [-0.2, -0.15) is 0 Å². The van der Waals surface area contributed by atoms with Crippen molar-refractivity contribution in [2.45, 2.75) is 58.5 Å². The van der Waals surface area contributed by atoms with E-state index in [1.54, 1.807) is 0 Å². The smallest absolute Gasteiger partial charge is 0.281 e. The van der Waals surface area contributed by atoms with Gasteiger partial charge in [0, 0.05) is 37.3 Å². The molecule has 1 heterocycles. The number of hydrogen-bond donors (Lipinski definition) is 0.